The maximum absolute atomic E-state index is 11.1. The van der Waals surface area contributed by atoms with Crippen LogP contribution < -0.4 is 4.74 Å². The zero-order valence-corrected chi connectivity index (χ0v) is 16.5. The molecular formula is C23H26N2O3. The van der Waals surface area contributed by atoms with E-state index in [1.54, 1.807) is 0 Å². The minimum Gasteiger partial charge on any atom is -0.489 e. The largest absolute Gasteiger partial charge is 0.489 e. The molecular weight excluding hydrogens is 352 g/mol. The van der Waals surface area contributed by atoms with Crippen molar-refractivity contribution >= 4 is 16.9 Å². The van der Waals surface area contributed by atoms with E-state index in [1.165, 1.54) is 0 Å². The molecule has 146 valence electrons. The van der Waals surface area contributed by atoms with Gasteiger partial charge < -0.3 is 9.84 Å². The van der Waals surface area contributed by atoms with E-state index in [9.17, 15) is 4.79 Å². The van der Waals surface area contributed by atoms with E-state index in [1.807, 2.05) is 54.2 Å². The van der Waals surface area contributed by atoms with E-state index in [2.05, 4.69) is 37.1 Å². The van der Waals surface area contributed by atoms with Gasteiger partial charge in [0.1, 0.15) is 12.4 Å². The molecule has 0 aliphatic rings. The summed E-state index contributed by atoms with van der Waals surface area (Å²) in [5, 5.41) is 14.6. The zero-order chi connectivity index (χ0) is 20.1. The topological polar surface area (TPSA) is 64.3 Å². The molecule has 0 spiro atoms. The maximum atomic E-state index is 11.1. The number of aliphatic carboxylic acids is 1. The van der Waals surface area contributed by atoms with Crippen molar-refractivity contribution in [1.29, 1.82) is 0 Å². The van der Waals surface area contributed by atoms with Gasteiger partial charge in [-0.15, -0.1) is 0 Å². The van der Waals surface area contributed by atoms with Gasteiger partial charge >= 0.3 is 5.97 Å². The molecule has 0 saturated carbocycles. The Hall–Kier alpha value is -3.08. The van der Waals surface area contributed by atoms with Crippen LogP contribution in [-0.2, 0) is 11.4 Å². The van der Waals surface area contributed by atoms with Gasteiger partial charge in [0.25, 0.3) is 0 Å². The number of hydrogen-bond acceptors (Lipinski definition) is 3. The van der Waals surface area contributed by atoms with E-state index in [0.717, 1.165) is 27.8 Å². The number of fused-ring (bicyclic) bond motifs is 1. The lowest BCUT2D eigenvalue weighted by Gasteiger charge is -2.12. The molecule has 0 saturated heterocycles. The van der Waals surface area contributed by atoms with Crippen LogP contribution in [0.3, 0.4) is 0 Å². The first kappa shape index (κ1) is 19.7. The summed E-state index contributed by atoms with van der Waals surface area (Å²) in [6.07, 6.45) is 5.76. The third-order valence-corrected chi connectivity index (χ3v) is 4.68. The normalized spacial score (nSPS) is 12.7. The van der Waals surface area contributed by atoms with Crippen molar-refractivity contribution in [1.82, 2.24) is 9.78 Å². The van der Waals surface area contributed by atoms with Gasteiger partial charge in [0.2, 0.25) is 0 Å². The van der Waals surface area contributed by atoms with Crippen LogP contribution in [0.1, 0.15) is 50.3 Å². The Bertz CT molecular complexity index is 971. The van der Waals surface area contributed by atoms with Crippen LogP contribution in [0.25, 0.3) is 10.9 Å². The van der Waals surface area contributed by atoms with Crippen LogP contribution in [-0.4, -0.2) is 20.9 Å². The number of allylic oxidation sites excluding steroid dienone is 2. The number of carbonyl (C=O) groups is 1. The molecule has 5 nitrogen and oxygen atoms in total. The van der Waals surface area contributed by atoms with E-state index in [4.69, 9.17) is 9.84 Å². The number of carboxylic acids is 1. The molecule has 1 aromatic heterocycles. The Morgan fingerprint density at radius 1 is 1.21 bits per heavy atom. The summed E-state index contributed by atoms with van der Waals surface area (Å²) in [5.41, 5.74) is 3.17. The SMILES string of the molecule is CC=C[C@H](CC(=O)O)c1ccc(OCc2ccc3c(cnn3C(C)C)c2)cc1. The number of rotatable bonds is 8. The first-order chi connectivity index (χ1) is 13.5. The summed E-state index contributed by atoms with van der Waals surface area (Å²) >= 11 is 0. The van der Waals surface area contributed by atoms with Gasteiger partial charge in [0, 0.05) is 17.3 Å². The standard InChI is InChI=1S/C23H26N2O3/c1-4-5-19(13-23(26)27)18-7-9-21(10-8-18)28-15-17-6-11-22-20(12-17)14-24-25(22)16(2)3/h4-12,14,16,19H,13,15H2,1-3H3,(H,26,27)/t19-/m1/s1. The molecule has 3 rings (SSSR count). The molecule has 0 aliphatic heterocycles. The fraction of sp³-hybridized carbons (Fsp3) is 0.304. The summed E-state index contributed by atoms with van der Waals surface area (Å²) in [4.78, 5) is 11.1. The zero-order valence-electron chi connectivity index (χ0n) is 16.5. The third-order valence-electron chi connectivity index (χ3n) is 4.68. The van der Waals surface area contributed by atoms with Crippen LogP contribution in [0.2, 0.25) is 0 Å². The Kier molecular flexibility index (Phi) is 6.14. The summed E-state index contributed by atoms with van der Waals surface area (Å²) in [6, 6.07) is 14.2. The predicted octanol–water partition coefficient (Wildman–Crippen LogP) is 5.33. The van der Waals surface area contributed by atoms with Gasteiger partial charge in [-0.25, -0.2) is 0 Å². The van der Waals surface area contributed by atoms with Gasteiger partial charge in [0.15, 0.2) is 0 Å². The van der Waals surface area contributed by atoms with Crippen molar-refractivity contribution in [3.63, 3.8) is 0 Å². The second kappa shape index (κ2) is 8.74. The molecule has 28 heavy (non-hydrogen) atoms. The first-order valence-corrected chi connectivity index (χ1v) is 9.51. The van der Waals surface area contributed by atoms with Crippen LogP contribution in [0, 0.1) is 0 Å². The van der Waals surface area contributed by atoms with Gasteiger partial charge in [0.05, 0.1) is 18.1 Å². The number of hydrogen-bond donors (Lipinski definition) is 1. The van der Waals surface area contributed by atoms with Crippen LogP contribution in [0.15, 0.2) is 60.8 Å². The molecule has 0 fully saturated rings. The molecule has 0 bridgehead atoms. The van der Waals surface area contributed by atoms with E-state index < -0.39 is 5.97 Å². The van der Waals surface area contributed by atoms with Crippen LogP contribution in [0.5, 0.6) is 5.75 Å². The van der Waals surface area contributed by atoms with Gasteiger partial charge in [-0.3, -0.25) is 9.48 Å². The van der Waals surface area contributed by atoms with Gasteiger partial charge in [-0.2, -0.15) is 5.10 Å². The molecule has 1 heterocycles. The summed E-state index contributed by atoms with van der Waals surface area (Å²) in [7, 11) is 0. The summed E-state index contributed by atoms with van der Waals surface area (Å²) < 4.78 is 7.92. The molecule has 0 amide bonds. The Labute approximate surface area is 165 Å². The third kappa shape index (κ3) is 4.60. The molecule has 0 unspecified atom stereocenters. The fourth-order valence-corrected chi connectivity index (χ4v) is 3.30. The van der Waals surface area contributed by atoms with Gasteiger partial charge in [-0.1, -0.05) is 30.4 Å². The quantitative estimate of drug-likeness (QED) is 0.538. The maximum Gasteiger partial charge on any atom is 0.304 e. The summed E-state index contributed by atoms with van der Waals surface area (Å²) in [5.74, 6) is -0.174. The van der Waals surface area contributed by atoms with Crippen molar-refractivity contribution in [2.75, 3.05) is 0 Å². The first-order valence-electron chi connectivity index (χ1n) is 9.51. The highest BCUT2D eigenvalue weighted by Crippen LogP contribution is 2.25. The highest BCUT2D eigenvalue weighted by Gasteiger charge is 2.12. The van der Waals surface area contributed by atoms with Crippen molar-refractivity contribution in [2.45, 2.75) is 45.8 Å². The van der Waals surface area contributed by atoms with Crippen molar-refractivity contribution in [2.24, 2.45) is 0 Å². The summed E-state index contributed by atoms with van der Waals surface area (Å²) in [6.45, 7) is 6.60. The second-order valence-corrected chi connectivity index (χ2v) is 7.16. The Morgan fingerprint density at radius 3 is 2.61 bits per heavy atom. The molecule has 5 heteroatoms. The van der Waals surface area contributed by atoms with Crippen LogP contribution in [0.4, 0.5) is 0 Å². The average molecular weight is 378 g/mol. The predicted molar refractivity (Wildman–Crippen MR) is 111 cm³/mol. The molecule has 1 N–H and O–H groups in total. The number of ether oxygens (including phenoxy) is 1. The smallest absolute Gasteiger partial charge is 0.304 e. The number of aromatic nitrogens is 2. The Morgan fingerprint density at radius 2 is 1.96 bits per heavy atom. The van der Waals surface area contributed by atoms with Crippen molar-refractivity contribution in [3.8, 4) is 5.75 Å². The number of nitrogens with zero attached hydrogens (tertiary/aromatic N) is 2. The highest BCUT2D eigenvalue weighted by molar-refractivity contribution is 5.79. The highest BCUT2D eigenvalue weighted by atomic mass is 16.5. The minimum atomic E-state index is -0.806. The molecule has 0 aliphatic carbocycles. The van der Waals surface area contributed by atoms with E-state index >= 15 is 0 Å². The lowest BCUT2D eigenvalue weighted by atomic mass is 9.95. The molecule has 2 aromatic carbocycles. The van der Waals surface area contributed by atoms with E-state index in [-0.39, 0.29) is 12.3 Å². The number of carboxylic acid groups (broad SMARTS) is 1. The molecule has 3 aromatic rings. The average Bonchev–Trinajstić information content (AvgIpc) is 3.09. The van der Waals surface area contributed by atoms with Crippen molar-refractivity contribution < 1.29 is 14.6 Å². The van der Waals surface area contributed by atoms with E-state index in [0.29, 0.717) is 12.6 Å². The Balaban J connectivity index is 1.67. The van der Waals surface area contributed by atoms with Crippen LogP contribution >= 0.6 is 0 Å². The monoisotopic (exact) mass is 378 g/mol. The molecule has 1 atom stereocenters. The second-order valence-electron chi connectivity index (χ2n) is 7.16. The molecule has 0 radical (unpaired) electrons. The minimum absolute atomic E-state index is 0.0780. The number of benzene rings is 2. The van der Waals surface area contributed by atoms with Crippen molar-refractivity contribution in [3.05, 3.63) is 71.9 Å². The van der Waals surface area contributed by atoms with Gasteiger partial charge in [-0.05, 0) is 56.2 Å². The fourth-order valence-electron chi connectivity index (χ4n) is 3.30. The lowest BCUT2D eigenvalue weighted by molar-refractivity contribution is -0.137. The lowest BCUT2D eigenvalue weighted by Crippen LogP contribution is -2.04.